The van der Waals surface area contributed by atoms with Crippen LogP contribution in [0.5, 0.6) is 11.5 Å². The maximum Gasteiger partial charge on any atom is 0.573 e. The zero-order valence-corrected chi connectivity index (χ0v) is 15.2. The van der Waals surface area contributed by atoms with E-state index in [-0.39, 0.29) is 17.1 Å². The molecule has 0 bridgehead atoms. The van der Waals surface area contributed by atoms with Gasteiger partial charge in [0.2, 0.25) is 0 Å². The Kier molecular flexibility index (Phi) is 6.34. The van der Waals surface area contributed by atoms with Gasteiger partial charge in [-0.15, -0.1) is 13.2 Å². The largest absolute Gasteiger partial charge is 0.573 e. The summed E-state index contributed by atoms with van der Waals surface area (Å²) in [6.45, 7) is 0.461. The Morgan fingerprint density at radius 2 is 1.45 bits per heavy atom. The van der Waals surface area contributed by atoms with E-state index in [1.807, 2.05) is 42.5 Å². The van der Waals surface area contributed by atoms with Gasteiger partial charge in [0.25, 0.3) is 0 Å². The van der Waals surface area contributed by atoms with Crippen molar-refractivity contribution >= 4 is 11.9 Å². The highest BCUT2D eigenvalue weighted by molar-refractivity contribution is 6.06. The molecule has 0 saturated heterocycles. The molecule has 0 atom stereocenters. The van der Waals surface area contributed by atoms with E-state index >= 15 is 0 Å². The zero-order chi connectivity index (χ0) is 20.7. The van der Waals surface area contributed by atoms with Crippen LogP contribution in [0.25, 0.3) is 6.08 Å². The predicted octanol–water partition coefficient (Wildman–Crippen LogP) is 6.06. The molecule has 0 aliphatic rings. The van der Waals surface area contributed by atoms with Gasteiger partial charge in [-0.25, -0.2) is 0 Å². The second kappa shape index (κ2) is 9.10. The van der Waals surface area contributed by atoms with Crippen molar-refractivity contribution in [2.45, 2.75) is 13.0 Å². The van der Waals surface area contributed by atoms with Crippen LogP contribution in [-0.2, 0) is 6.61 Å². The third-order valence-corrected chi connectivity index (χ3v) is 3.93. The first-order chi connectivity index (χ1) is 13.9. The molecule has 3 aromatic rings. The van der Waals surface area contributed by atoms with Gasteiger partial charge in [-0.05, 0) is 53.6 Å². The minimum absolute atomic E-state index is 0.263. The number of ketones is 1. The predicted molar refractivity (Wildman–Crippen MR) is 104 cm³/mol. The maximum atomic E-state index is 12.2. The van der Waals surface area contributed by atoms with Crippen molar-refractivity contribution in [3.8, 4) is 11.5 Å². The molecule has 3 rings (SSSR count). The van der Waals surface area contributed by atoms with Gasteiger partial charge in [-0.1, -0.05) is 48.5 Å². The van der Waals surface area contributed by atoms with Crippen LogP contribution in [0.15, 0.2) is 84.9 Å². The Bertz CT molecular complexity index is 961. The van der Waals surface area contributed by atoms with Crippen LogP contribution in [0.3, 0.4) is 0 Å². The average Bonchev–Trinajstić information content (AvgIpc) is 2.71. The topological polar surface area (TPSA) is 35.5 Å². The van der Waals surface area contributed by atoms with Gasteiger partial charge in [-0.3, -0.25) is 4.79 Å². The third kappa shape index (κ3) is 6.53. The first kappa shape index (κ1) is 20.2. The molecule has 0 aliphatic carbocycles. The minimum Gasteiger partial charge on any atom is -0.489 e. The SMILES string of the molecule is O=C(C=Cc1ccc(OCc2ccccc2)cc1)c1ccc(OC(F)(F)F)cc1. The fourth-order valence-electron chi connectivity index (χ4n) is 2.51. The van der Waals surface area contributed by atoms with Gasteiger partial charge >= 0.3 is 6.36 Å². The first-order valence-corrected chi connectivity index (χ1v) is 8.74. The van der Waals surface area contributed by atoms with Crippen LogP contribution >= 0.6 is 0 Å². The van der Waals surface area contributed by atoms with Crippen LogP contribution in [0.4, 0.5) is 13.2 Å². The Morgan fingerprint density at radius 1 is 0.828 bits per heavy atom. The van der Waals surface area contributed by atoms with Crippen LogP contribution in [0.2, 0.25) is 0 Å². The maximum absolute atomic E-state index is 12.2. The summed E-state index contributed by atoms with van der Waals surface area (Å²) in [5, 5.41) is 0. The van der Waals surface area contributed by atoms with Crippen LogP contribution in [-0.4, -0.2) is 12.1 Å². The smallest absolute Gasteiger partial charge is 0.489 e. The van der Waals surface area contributed by atoms with E-state index in [1.165, 1.54) is 18.2 Å². The van der Waals surface area contributed by atoms with E-state index in [0.717, 1.165) is 23.3 Å². The zero-order valence-electron chi connectivity index (χ0n) is 15.2. The van der Waals surface area contributed by atoms with Crippen molar-refractivity contribution < 1.29 is 27.4 Å². The number of carbonyl (C=O) groups is 1. The van der Waals surface area contributed by atoms with E-state index in [1.54, 1.807) is 18.2 Å². The molecule has 0 heterocycles. The molecule has 0 unspecified atom stereocenters. The van der Waals surface area contributed by atoms with E-state index in [0.29, 0.717) is 12.4 Å². The number of hydrogen-bond acceptors (Lipinski definition) is 3. The highest BCUT2D eigenvalue weighted by Gasteiger charge is 2.30. The molecule has 0 radical (unpaired) electrons. The summed E-state index contributed by atoms with van der Waals surface area (Å²) in [5.41, 5.74) is 2.12. The molecule has 0 saturated carbocycles. The van der Waals surface area contributed by atoms with E-state index in [4.69, 9.17) is 4.74 Å². The molecule has 0 N–H and O–H groups in total. The van der Waals surface area contributed by atoms with Crippen LogP contribution in [0.1, 0.15) is 21.5 Å². The molecular weight excluding hydrogens is 381 g/mol. The number of rotatable bonds is 7. The summed E-state index contributed by atoms with van der Waals surface area (Å²) in [4.78, 5) is 12.2. The quantitative estimate of drug-likeness (QED) is 0.358. The second-order valence-corrected chi connectivity index (χ2v) is 6.11. The molecule has 0 aromatic heterocycles. The van der Waals surface area contributed by atoms with Gasteiger partial charge in [0.15, 0.2) is 5.78 Å². The first-order valence-electron chi connectivity index (χ1n) is 8.74. The van der Waals surface area contributed by atoms with Gasteiger partial charge in [0, 0.05) is 5.56 Å². The summed E-state index contributed by atoms with van der Waals surface area (Å²) in [6, 6.07) is 21.8. The molecule has 29 heavy (non-hydrogen) atoms. The van der Waals surface area contributed by atoms with Gasteiger partial charge < -0.3 is 9.47 Å². The highest BCUT2D eigenvalue weighted by atomic mass is 19.4. The van der Waals surface area contributed by atoms with Gasteiger partial charge in [0.1, 0.15) is 18.1 Å². The van der Waals surface area contributed by atoms with Crippen molar-refractivity contribution in [1.82, 2.24) is 0 Å². The van der Waals surface area contributed by atoms with E-state index in [2.05, 4.69) is 4.74 Å². The lowest BCUT2D eigenvalue weighted by atomic mass is 10.1. The Hall–Kier alpha value is -3.54. The summed E-state index contributed by atoms with van der Waals surface area (Å²) in [7, 11) is 0. The van der Waals surface area contributed by atoms with Crippen molar-refractivity contribution in [3.05, 3.63) is 102 Å². The van der Waals surface area contributed by atoms with Crippen LogP contribution < -0.4 is 9.47 Å². The number of carbonyl (C=O) groups excluding carboxylic acids is 1. The number of halogens is 3. The lowest BCUT2D eigenvalue weighted by Crippen LogP contribution is -2.17. The second-order valence-electron chi connectivity index (χ2n) is 6.11. The van der Waals surface area contributed by atoms with Gasteiger partial charge in [0.05, 0.1) is 0 Å². The Labute approximate surface area is 166 Å². The summed E-state index contributed by atoms with van der Waals surface area (Å²) in [6.07, 6.45) is -1.77. The normalized spacial score (nSPS) is 11.4. The molecule has 0 fully saturated rings. The van der Waals surface area contributed by atoms with Crippen molar-refractivity contribution in [2.75, 3.05) is 0 Å². The molecule has 6 heteroatoms. The number of alkyl halides is 3. The molecule has 0 spiro atoms. The van der Waals surface area contributed by atoms with Crippen molar-refractivity contribution in [1.29, 1.82) is 0 Å². The van der Waals surface area contributed by atoms with Crippen molar-refractivity contribution in [2.24, 2.45) is 0 Å². The number of hydrogen-bond donors (Lipinski definition) is 0. The highest BCUT2D eigenvalue weighted by Crippen LogP contribution is 2.23. The summed E-state index contributed by atoms with van der Waals surface area (Å²) in [5.74, 6) is 0.00895. The number of benzene rings is 3. The fourth-order valence-corrected chi connectivity index (χ4v) is 2.51. The Morgan fingerprint density at radius 3 is 2.07 bits per heavy atom. The Balaban J connectivity index is 1.55. The molecule has 0 aliphatic heterocycles. The van der Waals surface area contributed by atoms with Crippen LogP contribution in [0, 0.1) is 0 Å². The molecule has 3 nitrogen and oxygen atoms in total. The monoisotopic (exact) mass is 398 g/mol. The molecule has 3 aromatic carbocycles. The van der Waals surface area contributed by atoms with E-state index in [9.17, 15) is 18.0 Å². The summed E-state index contributed by atoms with van der Waals surface area (Å²) >= 11 is 0. The lowest BCUT2D eigenvalue weighted by Gasteiger charge is -2.08. The fraction of sp³-hybridized carbons (Fsp3) is 0.0870. The minimum atomic E-state index is -4.76. The molecule has 148 valence electrons. The molecular formula is C23H17F3O3. The number of ether oxygens (including phenoxy) is 2. The lowest BCUT2D eigenvalue weighted by molar-refractivity contribution is -0.274. The average molecular weight is 398 g/mol. The third-order valence-electron chi connectivity index (χ3n) is 3.93. The van der Waals surface area contributed by atoms with E-state index < -0.39 is 6.36 Å². The molecule has 0 amide bonds. The van der Waals surface area contributed by atoms with Crippen molar-refractivity contribution in [3.63, 3.8) is 0 Å². The standard InChI is InChI=1S/C23H17F3O3/c24-23(25,26)29-21-13-9-19(10-14-21)22(27)15-8-17-6-11-20(12-7-17)28-16-18-4-2-1-3-5-18/h1-15H,16H2. The van der Waals surface area contributed by atoms with Gasteiger partial charge in [-0.2, -0.15) is 0 Å². The number of allylic oxidation sites excluding steroid dienone is 1. The summed E-state index contributed by atoms with van der Waals surface area (Å²) < 4.78 is 46.0.